The molecule has 1 nitrogen and oxygen atoms in total. The summed E-state index contributed by atoms with van der Waals surface area (Å²) >= 11 is 6.01. The van der Waals surface area contributed by atoms with E-state index in [-0.39, 0.29) is 12.5 Å². The van der Waals surface area contributed by atoms with E-state index in [1.165, 1.54) is 0 Å². The van der Waals surface area contributed by atoms with E-state index in [0.29, 0.717) is 0 Å². The first-order valence-electron chi connectivity index (χ1n) is 5.85. The molecule has 2 unspecified atom stereocenters. The molecule has 0 aliphatic carbocycles. The van der Waals surface area contributed by atoms with Crippen LogP contribution in [0.15, 0.2) is 18.2 Å². The van der Waals surface area contributed by atoms with Gasteiger partial charge in [-0.1, -0.05) is 12.1 Å². The third-order valence-corrected chi connectivity index (χ3v) is 3.43. The number of alkyl halides is 4. The van der Waals surface area contributed by atoms with Crippen LogP contribution in [-0.2, 0) is 6.42 Å². The number of rotatable bonds is 3. The van der Waals surface area contributed by atoms with Gasteiger partial charge in [-0.25, -0.2) is 0 Å². The molecule has 1 aromatic rings. The van der Waals surface area contributed by atoms with Gasteiger partial charge in [-0.2, -0.15) is 13.2 Å². The molecule has 0 aromatic heterocycles. The van der Waals surface area contributed by atoms with Crippen molar-refractivity contribution in [3.63, 3.8) is 0 Å². The van der Waals surface area contributed by atoms with Crippen molar-refractivity contribution >= 4 is 11.6 Å². The maximum atomic E-state index is 12.1. The predicted molar refractivity (Wildman–Crippen MR) is 64.1 cm³/mol. The second-order valence-electron chi connectivity index (χ2n) is 4.62. The largest absolute Gasteiger partial charge is 0.490 e. The lowest BCUT2D eigenvalue weighted by atomic mass is 10.0. The molecule has 100 valence electrons. The molecule has 0 saturated heterocycles. The van der Waals surface area contributed by atoms with Crippen molar-refractivity contribution in [2.75, 3.05) is 0 Å². The molecular weight excluding hydrogens is 265 g/mol. The number of halogens is 4. The first-order chi connectivity index (χ1) is 8.35. The molecule has 1 aromatic carbocycles. The van der Waals surface area contributed by atoms with Crippen molar-refractivity contribution in [3.8, 4) is 5.75 Å². The Morgan fingerprint density at radius 1 is 1.44 bits per heavy atom. The topological polar surface area (TPSA) is 9.23 Å². The maximum Gasteiger partial charge on any atom is 0.389 e. The Balaban J connectivity index is 2.04. The zero-order valence-corrected chi connectivity index (χ0v) is 10.7. The molecule has 2 atom stereocenters. The third-order valence-electron chi connectivity index (χ3n) is 2.96. The monoisotopic (exact) mass is 278 g/mol. The molecule has 1 aliphatic rings. The number of benzene rings is 1. The Morgan fingerprint density at radius 3 is 2.83 bits per heavy atom. The summed E-state index contributed by atoms with van der Waals surface area (Å²) in [4.78, 5) is 0. The molecule has 0 radical (unpaired) electrons. The Bertz CT molecular complexity index is 431. The summed E-state index contributed by atoms with van der Waals surface area (Å²) in [5.41, 5.74) is 1.76. The maximum absolute atomic E-state index is 12.1. The fraction of sp³-hybridized carbons (Fsp3) is 0.538. The molecule has 1 heterocycles. The average Bonchev–Trinajstić information content (AvgIpc) is 2.63. The molecule has 0 amide bonds. The molecule has 1 aliphatic heterocycles. The number of hydrogen-bond acceptors (Lipinski definition) is 1. The number of fused-ring (bicyclic) bond motifs is 1. The molecular formula is C13H14ClF3O. The van der Waals surface area contributed by atoms with Gasteiger partial charge >= 0.3 is 6.18 Å². The summed E-state index contributed by atoms with van der Waals surface area (Å²) in [6.45, 7) is 1.96. The predicted octanol–water partition coefficient (Wildman–Crippen LogP) is 4.63. The van der Waals surface area contributed by atoms with Gasteiger partial charge in [-0.15, -0.1) is 11.6 Å². The van der Waals surface area contributed by atoms with E-state index in [1.54, 1.807) is 12.1 Å². The van der Waals surface area contributed by atoms with Gasteiger partial charge in [-0.05, 0) is 30.5 Å². The highest BCUT2D eigenvalue weighted by Crippen LogP contribution is 2.36. The van der Waals surface area contributed by atoms with Gasteiger partial charge < -0.3 is 4.74 Å². The summed E-state index contributed by atoms with van der Waals surface area (Å²) in [5.74, 6) is 0.811. The Kier molecular flexibility index (Phi) is 3.76. The average molecular weight is 279 g/mol. The van der Waals surface area contributed by atoms with Crippen LogP contribution in [0.25, 0.3) is 0 Å². The lowest BCUT2D eigenvalue weighted by Crippen LogP contribution is -2.08. The molecule has 5 heteroatoms. The molecule has 0 saturated carbocycles. The Hall–Kier alpha value is -0.900. The molecule has 0 bridgehead atoms. The van der Waals surface area contributed by atoms with Crippen LogP contribution in [0, 0.1) is 0 Å². The quantitative estimate of drug-likeness (QED) is 0.732. The van der Waals surface area contributed by atoms with Gasteiger partial charge in [0.05, 0.1) is 5.38 Å². The third kappa shape index (κ3) is 3.31. The van der Waals surface area contributed by atoms with Crippen LogP contribution in [0.1, 0.15) is 36.3 Å². The highest BCUT2D eigenvalue weighted by atomic mass is 35.5. The first kappa shape index (κ1) is 13.5. The molecule has 18 heavy (non-hydrogen) atoms. The number of ether oxygens (including phenoxy) is 1. The van der Waals surface area contributed by atoms with Crippen molar-refractivity contribution < 1.29 is 17.9 Å². The molecule has 2 rings (SSSR count). The summed E-state index contributed by atoms with van der Waals surface area (Å²) in [7, 11) is 0. The van der Waals surface area contributed by atoms with Crippen molar-refractivity contribution in [1.82, 2.24) is 0 Å². The Morgan fingerprint density at radius 2 is 2.17 bits per heavy atom. The van der Waals surface area contributed by atoms with Crippen LogP contribution < -0.4 is 4.74 Å². The van der Waals surface area contributed by atoms with Crippen molar-refractivity contribution in [2.45, 2.75) is 43.8 Å². The zero-order valence-electron chi connectivity index (χ0n) is 9.93. The summed E-state index contributed by atoms with van der Waals surface area (Å²) in [6, 6.07) is 5.38. The number of hydrogen-bond donors (Lipinski definition) is 0. The minimum Gasteiger partial charge on any atom is -0.490 e. The lowest BCUT2D eigenvalue weighted by Gasteiger charge is -2.12. The van der Waals surface area contributed by atoms with Crippen molar-refractivity contribution in [3.05, 3.63) is 29.3 Å². The Labute approximate surface area is 109 Å². The molecule has 0 fully saturated rings. The summed E-state index contributed by atoms with van der Waals surface area (Å²) in [6.07, 6.45) is -4.20. The molecule has 0 spiro atoms. The minimum absolute atomic E-state index is 0.0970. The highest BCUT2D eigenvalue weighted by Gasteiger charge is 2.28. The minimum atomic E-state index is -4.15. The SMILES string of the molecule is CC1Cc2cc(C(Cl)CCC(F)(F)F)ccc2O1. The fourth-order valence-electron chi connectivity index (χ4n) is 2.09. The van der Waals surface area contributed by atoms with Crippen LogP contribution >= 0.6 is 11.6 Å². The second kappa shape index (κ2) is 5.00. The van der Waals surface area contributed by atoms with Crippen molar-refractivity contribution in [1.29, 1.82) is 0 Å². The van der Waals surface area contributed by atoms with Crippen LogP contribution in [0.4, 0.5) is 13.2 Å². The van der Waals surface area contributed by atoms with Gasteiger partial charge in [0.2, 0.25) is 0 Å². The van der Waals surface area contributed by atoms with Crippen LogP contribution in [0.3, 0.4) is 0 Å². The summed E-state index contributed by atoms with van der Waals surface area (Å²) in [5, 5.41) is -0.604. The van der Waals surface area contributed by atoms with Gasteiger partial charge in [0, 0.05) is 12.8 Å². The van der Waals surface area contributed by atoms with E-state index in [4.69, 9.17) is 16.3 Å². The van der Waals surface area contributed by atoms with E-state index in [9.17, 15) is 13.2 Å². The van der Waals surface area contributed by atoms with Gasteiger partial charge in [0.15, 0.2) is 0 Å². The second-order valence-corrected chi connectivity index (χ2v) is 5.15. The van der Waals surface area contributed by atoms with E-state index >= 15 is 0 Å². The lowest BCUT2D eigenvalue weighted by molar-refractivity contribution is -0.135. The van der Waals surface area contributed by atoms with Gasteiger partial charge in [-0.3, -0.25) is 0 Å². The molecule has 0 N–H and O–H groups in total. The highest BCUT2D eigenvalue weighted by molar-refractivity contribution is 6.20. The van der Waals surface area contributed by atoms with Crippen LogP contribution in [0.2, 0.25) is 0 Å². The van der Waals surface area contributed by atoms with Crippen molar-refractivity contribution in [2.24, 2.45) is 0 Å². The van der Waals surface area contributed by atoms with E-state index < -0.39 is 18.0 Å². The van der Waals surface area contributed by atoms with Crippen LogP contribution in [0.5, 0.6) is 5.75 Å². The smallest absolute Gasteiger partial charge is 0.389 e. The van der Waals surface area contributed by atoms with Gasteiger partial charge in [0.25, 0.3) is 0 Å². The standard InChI is InChI=1S/C13H14ClF3O/c1-8-6-10-7-9(2-3-12(10)18-8)11(14)4-5-13(15,16)17/h2-3,7-8,11H,4-6H2,1H3. The van der Waals surface area contributed by atoms with E-state index in [2.05, 4.69) is 0 Å². The van der Waals surface area contributed by atoms with Gasteiger partial charge in [0.1, 0.15) is 11.9 Å². The normalized spacial score (nSPS) is 20.4. The van der Waals surface area contributed by atoms with E-state index in [1.807, 2.05) is 13.0 Å². The summed E-state index contributed by atoms with van der Waals surface area (Å²) < 4.78 is 41.9. The van der Waals surface area contributed by atoms with Crippen LogP contribution in [-0.4, -0.2) is 12.3 Å². The van der Waals surface area contributed by atoms with E-state index in [0.717, 1.165) is 23.3 Å². The zero-order chi connectivity index (χ0) is 13.3. The first-order valence-corrected chi connectivity index (χ1v) is 6.29. The fourth-order valence-corrected chi connectivity index (χ4v) is 2.34.